The Morgan fingerprint density at radius 2 is 1.64 bits per heavy atom. The molecule has 19 heteroatoms. The van der Waals surface area contributed by atoms with Crippen LogP contribution in [0.4, 0.5) is 4.79 Å². The SMILES string of the molecule is CC(C)(C)NC(=O)OCCOCCOCC(=O)NCCOc1ccc(-c2nc3nc(O[C@@H]4CO[C@H]5[C@@H]4OC[C@H]5OC4CCCCO4)n(COCC[Si](C)(C)C)c3cc2Cl)cc1. The zero-order valence-corrected chi connectivity index (χ0v) is 38.0. The molecule has 2 N–H and O–H groups in total. The molecule has 338 valence electrons. The third kappa shape index (κ3) is 14.5. The minimum absolute atomic E-state index is 0.116. The van der Waals surface area contributed by atoms with Gasteiger partial charge in [-0.25, -0.2) is 9.78 Å². The van der Waals surface area contributed by atoms with Crippen LogP contribution in [0, 0.1) is 0 Å². The number of nitrogens with zero attached hydrogens (tertiary/aromatic N) is 3. The molecule has 0 radical (unpaired) electrons. The van der Waals surface area contributed by atoms with E-state index in [1.54, 1.807) is 0 Å². The predicted molar refractivity (Wildman–Crippen MR) is 229 cm³/mol. The summed E-state index contributed by atoms with van der Waals surface area (Å²) in [5.74, 6) is 0.340. The number of fused-ring (bicyclic) bond motifs is 2. The lowest BCUT2D eigenvalue weighted by molar-refractivity contribution is -0.202. The van der Waals surface area contributed by atoms with Gasteiger partial charge in [-0.05, 0) is 76.4 Å². The fourth-order valence-corrected chi connectivity index (χ4v) is 7.80. The van der Waals surface area contributed by atoms with Crippen LogP contribution in [0.5, 0.6) is 11.8 Å². The van der Waals surface area contributed by atoms with Gasteiger partial charge in [-0.1, -0.05) is 31.2 Å². The fourth-order valence-electron chi connectivity index (χ4n) is 6.79. The zero-order valence-electron chi connectivity index (χ0n) is 36.2. The van der Waals surface area contributed by atoms with E-state index in [0.717, 1.165) is 30.9 Å². The van der Waals surface area contributed by atoms with Crippen molar-refractivity contribution in [3.8, 4) is 23.0 Å². The van der Waals surface area contributed by atoms with Gasteiger partial charge in [0.2, 0.25) is 5.91 Å². The van der Waals surface area contributed by atoms with E-state index >= 15 is 0 Å². The second kappa shape index (κ2) is 22.2. The van der Waals surface area contributed by atoms with Crippen LogP contribution >= 0.6 is 11.6 Å². The topological polar surface area (TPSA) is 181 Å². The molecule has 2 aromatic heterocycles. The standard InChI is InChI=1S/C42H62ClN5O12Si/c1-42(2,3)47-41(50)56-20-19-51-17-18-52-26-34(49)44-14-16-54-29-12-10-28(11-13-29)36-30(43)23-31-39(45-36)46-40(48(31)27-53-21-22-61(4,5)6)60-33-25-58-37-32(24-57-38(33)37)59-35-9-7-8-15-55-35/h10-13,23,32-33,35,37-38H,7-9,14-22,24-27H2,1-6H3,(H,44,49)(H,47,50)/t32-,33-,35?,37-,38-/m1/s1. The van der Waals surface area contributed by atoms with Crippen molar-refractivity contribution in [2.75, 3.05) is 72.6 Å². The van der Waals surface area contributed by atoms with Crippen molar-refractivity contribution in [1.82, 2.24) is 25.2 Å². The maximum Gasteiger partial charge on any atom is 0.407 e. The number of benzene rings is 1. The largest absolute Gasteiger partial charge is 0.492 e. The molecule has 17 nitrogen and oxygen atoms in total. The summed E-state index contributed by atoms with van der Waals surface area (Å²) in [7, 11) is -1.32. The Morgan fingerprint density at radius 3 is 2.38 bits per heavy atom. The van der Waals surface area contributed by atoms with Crippen molar-refractivity contribution >= 4 is 42.8 Å². The van der Waals surface area contributed by atoms with E-state index in [4.69, 9.17) is 68.9 Å². The molecule has 3 aromatic rings. The summed E-state index contributed by atoms with van der Waals surface area (Å²) in [6.07, 6.45) is 1.02. The summed E-state index contributed by atoms with van der Waals surface area (Å²) < 4.78 is 60.6. The normalized spacial score (nSPS) is 21.7. The molecule has 0 spiro atoms. The van der Waals surface area contributed by atoms with E-state index in [1.165, 1.54) is 0 Å². The molecule has 0 saturated carbocycles. The molecule has 1 unspecified atom stereocenters. The Balaban J connectivity index is 0.980. The summed E-state index contributed by atoms with van der Waals surface area (Å²) >= 11 is 6.90. The lowest BCUT2D eigenvalue weighted by Gasteiger charge is -2.27. The summed E-state index contributed by atoms with van der Waals surface area (Å²) in [6.45, 7) is 16.1. The summed E-state index contributed by atoms with van der Waals surface area (Å²) in [6, 6.07) is 10.6. The number of hydrogen-bond donors (Lipinski definition) is 2. The second-order valence-corrected chi connectivity index (χ2v) is 23.5. The highest BCUT2D eigenvalue weighted by molar-refractivity contribution is 6.76. The van der Waals surface area contributed by atoms with Crippen LogP contribution in [0.3, 0.4) is 0 Å². The first kappa shape index (κ1) is 46.9. The number of imidazole rings is 1. The van der Waals surface area contributed by atoms with Crippen LogP contribution in [-0.2, 0) is 49.4 Å². The van der Waals surface area contributed by atoms with Crippen molar-refractivity contribution < 1.29 is 57.0 Å². The van der Waals surface area contributed by atoms with E-state index in [9.17, 15) is 9.59 Å². The number of carbonyl (C=O) groups excluding carboxylic acids is 2. The first-order chi connectivity index (χ1) is 29.2. The van der Waals surface area contributed by atoms with Crippen LogP contribution in [0.1, 0.15) is 40.0 Å². The zero-order chi connectivity index (χ0) is 43.4. The van der Waals surface area contributed by atoms with Crippen molar-refractivity contribution in [1.29, 1.82) is 0 Å². The van der Waals surface area contributed by atoms with Gasteiger partial charge in [0.15, 0.2) is 18.0 Å². The smallest absolute Gasteiger partial charge is 0.407 e. The van der Waals surface area contributed by atoms with Gasteiger partial charge in [-0.2, -0.15) is 4.98 Å². The molecule has 61 heavy (non-hydrogen) atoms. The number of nitrogens with one attached hydrogen (secondary N) is 2. The molecule has 3 aliphatic heterocycles. The Hall–Kier alpha value is -3.59. The average Bonchev–Trinajstić information content (AvgIpc) is 3.90. The Bertz CT molecular complexity index is 1870. The summed E-state index contributed by atoms with van der Waals surface area (Å²) in [5, 5.41) is 5.90. The quantitative estimate of drug-likeness (QED) is 0.0944. The molecule has 2 amide bonds. The minimum atomic E-state index is -1.32. The van der Waals surface area contributed by atoms with Gasteiger partial charge in [0.25, 0.3) is 0 Å². The molecule has 1 aromatic carbocycles. The molecule has 3 aliphatic rings. The van der Waals surface area contributed by atoms with E-state index < -0.39 is 20.3 Å². The predicted octanol–water partition coefficient (Wildman–Crippen LogP) is 5.57. The number of amides is 2. The number of halogens is 1. The van der Waals surface area contributed by atoms with Gasteiger partial charge in [0.1, 0.15) is 50.6 Å². The summed E-state index contributed by atoms with van der Waals surface area (Å²) in [4.78, 5) is 33.5. The maximum absolute atomic E-state index is 12.2. The maximum atomic E-state index is 12.2. The second-order valence-electron chi connectivity index (χ2n) is 17.5. The van der Waals surface area contributed by atoms with Crippen molar-refractivity contribution in [2.45, 2.75) is 109 Å². The number of aromatic nitrogens is 3. The summed E-state index contributed by atoms with van der Waals surface area (Å²) in [5.41, 5.74) is 2.10. The minimum Gasteiger partial charge on any atom is -0.492 e. The van der Waals surface area contributed by atoms with Crippen molar-refractivity contribution in [3.63, 3.8) is 0 Å². The molecule has 5 heterocycles. The molecule has 0 aliphatic carbocycles. The molecule has 0 bridgehead atoms. The fraction of sp³-hybridized carbons (Fsp3) is 0.667. The molecular weight excluding hydrogens is 830 g/mol. The lowest BCUT2D eigenvalue weighted by Crippen LogP contribution is -2.41. The Labute approximate surface area is 363 Å². The first-order valence-corrected chi connectivity index (χ1v) is 25.2. The van der Waals surface area contributed by atoms with E-state index in [0.29, 0.717) is 60.1 Å². The molecule has 3 fully saturated rings. The van der Waals surface area contributed by atoms with Crippen LogP contribution in [-0.4, -0.2) is 143 Å². The van der Waals surface area contributed by atoms with Gasteiger partial charge >= 0.3 is 12.1 Å². The van der Waals surface area contributed by atoms with Crippen LogP contribution in [0.15, 0.2) is 30.3 Å². The van der Waals surface area contributed by atoms with Gasteiger partial charge < -0.3 is 58.0 Å². The van der Waals surface area contributed by atoms with Crippen molar-refractivity contribution in [2.24, 2.45) is 0 Å². The number of ether oxygens (including phenoxy) is 10. The van der Waals surface area contributed by atoms with Crippen LogP contribution < -0.4 is 20.1 Å². The third-order valence-electron chi connectivity index (χ3n) is 9.92. The van der Waals surface area contributed by atoms with Gasteiger partial charge in [0.05, 0.1) is 55.8 Å². The van der Waals surface area contributed by atoms with Crippen molar-refractivity contribution in [3.05, 3.63) is 35.4 Å². The molecular formula is C42H62ClN5O12Si. The lowest BCUT2D eigenvalue weighted by atomic mass is 10.1. The monoisotopic (exact) mass is 891 g/mol. The highest BCUT2D eigenvalue weighted by Crippen LogP contribution is 2.36. The van der Waals surface area contributed by atoms with Crippen LogP contribution in [0.25, 0.3) is 22.4 Å². The first-order valence-electron chi connectivity index (χ1n) is 21.1. The Morgan fingerprint density at radius 1 is 0.902 bits per heavy atom. The molecule has 3 saturated heterocycles. The number of carbonyl (C=O) groups is 2. The molecule has 6 rings (SSSR count). The number of alkyl carbamates (subject to hydrolysis) is 1. The number of hydrogen-bond acceptors (Lipinski definition) is 14. The average molecular weight is 893 g/mol. The van der Waals surface area contributed by atoms with E-state index in [1.807, 2.05) is 55.7 Å². The third-order valence-corrected chi connectivity index (χ3v) is 11.9. The highest BCUT2D eigenvalue weighted by atomic mass is 35.5. The van der Waals surface area contributed by atoms with E-state index in [2.05, 4.69) is 30.3 Å². The van der Waals surface area contributed by atoms with Gasteiger partial charge in [-0.3, -0.25) is 9.36 Å². The van der Waals surface area contributed by atoms with Gasteiger partial charge in [-0.15, -0.1) is 0 Å². The van der Waals surface area contributed by atoms with Gasteiger partial charge in [0, 0.05) is 32.4 Å². The molecule has 5 atom stereocenters. The Kier molecular flexibility index (Phi) is 17.0. The highest BCUT2D eigenvalue weighted by Gasteiger charge is 2.51. The number of rotatable bonds is 22. The number of pyridine rings is 1. The van der Waals surface area contributed by atoms with Crippen LogP contribution in [0.2, 0.25) is 30.7 Å². The van der Waals surface area contributed by atoms with E-state index in [-0.39, 0.29) is 89.0 Å².